The van der Waals surface area contributed by atoms with E-state index in [1.54, 1.807) is 60.8 Å². The molecular formula is C24H17N7O. The Morgan fingerprint density at radius 3 is 2.50 bits per heavy atom. The van der Waals surface area contributed by atoms with Crippen molar-refractivity contribution >= 4 is 17.2 Å². The molecule has 5 aromatic rings. The zero-order valence-electron chi connectivity index (χ0n) is 17.1. The lowest BCUT2D eigenvalue weighted by atomic mass is 10.1. The van der Waals surface area contributed by atoms with Crippen LogP contribution >= 0.6 is 0 Å². The highest BCUT2D eigenvalue weighted by Crippen LogP contribution is 2.23. The quantitative estimate of drug-likeness (QED) is 0.443. The van der Waals surface area contributed by atoms with Crippen LogP contribution in [0, 0.1) is 11.3 Å². The second-order valence-corrected chi connectivity index (χ2v) is 7.16. The van der Waals surface area contributed by atoms with Crippen LogP contribution in [0.25, 0.3) is 22.6 Å². The molecule has 2 aromatic carbocycles. The third-order valence-corrected chi connectivity index (χ3v) is 5.24. The van der Waals surface area contributed by atoms with Crippen LogP contribution in [0.1, 0.15) is 16.1 Å². The maximum atomic E-state index is 13.0. The number of benzene rings is 2. The largest absolute Gasteiger partial charge is 0.310 e. The average molecular weight is 419 g/mol. The van der Waals surface area contributed by atoms with Crippen molar-refractivity contribution in [1.82, 2.24) is 24.1 Å². The Balaban J connectivity index is 1.47. The number of carbonyl (C=O) groups is 1. The van der Waals surface area contributed by atoms with E-state index in [2.05, 4.69) is 21.1 Å². The van der Waals surface area contributed by atoms with Crippen LogP contribution in [0.15, 0.2) is 85.6 Å². The van der Waals surface area contributed by atoms with E-state index in [0.29, 0.717) is 16.9 Å². The molecule has 1 amide bonds. The summed E-state index contributed by atoms with van der Waals surface area (Å²) in [5.41, 5.74) is 4.91. The zero-order chi connectivity index (χ0) is 22.1. The third kappa shape index (κ3) is 3.38. The van der Waals surface area contributed by atoms with Crippen LogP contribution in [0.2, 0.25) is 0 Å². The number of nitrogens with zero attached hydrogens (tertiary/aromatic N) is 7. The molecule has 0 atom stereocenters. The van der Waals surface area contributed by atoms with Crippen molar-refractivity contribution in [1.29, 1.82) is 5.26 Å². The maximum absolute atomic E-state index is 13.0. The number of carbonyl (C=O) groups excluding carboxylic acids is 1. The number of fused-ring (bicyclic) bond motifs is 1. The highest BCUT2D eigenvalue weighted by molar-refractivity contribution is 6.04. The number of hydrogen-bond acceptors (Lipinski definition) is 5. The SMILES string of the molecule is CN(C(=O)c1cn2c(-c3ccc(-n4cccn4)cc3)cnc2cn1)c1ccc(C#N)cc1. The highest BCUT2D eigenvalue weighted by Gasteiger charge is 2.17. The van der Waals surface area contributed by atoms with Crippen molar-refractivity contribution in [3.8, 4) is 23.0 Å². The van der Waals surface area contributed by atoms with Gasteiger partial charge in [-0.25, -0.2) is 14.6 Å². The molecule has 154 valence electrons. The van der Waals surface area contributed by atoms with Gasteiger partial charge < -0.3 is 4.90 Å². The Kier molecular flexibility index (Phi) is 4.69. The minimum Gasteiger partial charge on any atom is -0.310 e. The van der Waals surface area contributed by atoms with Gasteiger partial charge in [0, 0.05) is 36.9 Å². The van der Waals surface area contributed by atoms with Crippen molar-refractivity contribution in [3.63, 3.8) is 0 Å². The summed E-state index contributed by atoms with van der Waals surface area (Å²) in [5.74, 6) is -0.259. The van der Waals surface area contributed by atoms with Crippen LogP contribution in [-0.2, 0) is 0 Å². The predicted octanol–water partition coefficient (Wildman–Crippen LogP) is 3.73. The Morgan fingerprint density at radius 1 is 1.03 bits per heavy atom. The summed E-state index contributed by atoms with van der Waals surface area (Å²) < 4.78 is 3.65. The van der Waals surface area contributed by atoms with Crippen LogP contribution in [-0.4, -0.2) is 37.1 Å². The predicted molar refractivity (Wildman–Crippen MR) is 119 cm³/mol. The standard InChI is InChI=1S/C24H17N7O/c1-29(19-7-3-17(13-25)4-8-19)24(32)21-16-30-22(14-27-23(30)15-26-21)18-5-9-20(10-6-18)31-12-2-11-28-31/h2-12,14-16H,1H3. The van der Waals surface area contributed by atoms with Gasteiger partial charge >= 0.3 is 0 Å². The van der Waals surface area contributed by atoms with E-state index in [0.717, 1.165) is 16.9 Å². The van der Waals surface area contributed by atoms with E-state index in [1.165, 1.54) is 4.90 Å². The molecule has 0 bridgehead atoms. The average Bonchev–Trinajstić information content (AvgIpc) is 3.53. The molecule has 0 N–H and O–H groups in total. The smallest absolute Gasteiger partial charge is 0.278 e. The molecule has 0 saturated heterocycles. The summed E-state index contributed by atoms with van der Waals surface area (Å²) in [6.45, 7) is 0. The minimum atomic E-state index is -0.259. The van der Waals surface area contributed by atoms with E-state index in [9.17, 15) is 4.79 Å². The molecule has 0 unspecified atom stereocenters. The molecule has 0 aliphatic heterocycles. The highest BCUT2D eigenvalue weighted by atomic mass is 16.2. The van der Waals surface area contributed by atoms with Crippen LogP contribution in [0.5, 0.6) is 0 Å². The molecule has 0 spiro atoms. The molecular weight excluding hydrogens is 402 g/mol. The lowest BCUT2D eigenvalue weighted by molar-refractivity contribution is 0.0988. The fourth-order valence-corrected chi connectivity index (χ4v) is 3.47. The monoisotopic (exact) mass is 419 g/mol. The molecule has 32 heavy (non-hydrogen) atoms. The topological polar surface area (TPSA) is 92.1 Å². The van der Waals surface area contributed by atoms with Crippen molar-refractivity contribution < 1.29 is 4.79 Å². The van der Waals surface area contributed by atoms with Crippen molar-refractivity contribution in [2.45, 2.75) is 0 Å². The van der Waals surface area contributed by atoms with Gasteiger partial charge in [0.1, 0.15) is 5.69 Å². The third-order valence-electron chi connectivity index (χ3n) is 5.24. The Bertz CT molecular complexity index is 1440. The number of imidazole rings is 1. The molecule has 3 heterocycles. The first-order valence-electron chi connectivity index (χ1n) is 9.86. The van der Waals surface area contributed by atoms with Gasteiger partial charge in [0.15, 0.2) is 5.65 Å². The molecule has 0 radical (unpaired) electrons. The number of aromatic nitrogens is 5. The fraction of sp³-hybridized carbons (Fsp3) is 0.0417. The number of rotatable bonds is 4. The number of nitriles is 1. The van der Waals surface area contributed by atoms with Gasteiger partial charge in [0.25, 0.3) is 5.91 Å². The summed E-state index contributed by atoms with van der Waals surface area (Å²) in [7, 11) is 1.68. The number of anilines is 1. The minimum absolute atomic E-state index is 0.259. The zero-order valence-corrected chi connectivity index (χ0v) is 17.1. The molecule has 0 aliphatic rings. The normalized spacial score (nSPS) is 10.8. The Morgan fingerprint density at radius 2 is 1.81 bits per heavy atom. The first kappa shape index (κ1) is 19.2. The summed E-state index contributed by atoms with van der Waals surface area (Å²) in [5, 5.41) is 13.2. The van der Waals surface area contributed by atoms with Crippen molar-refractivity contribution in [2.75, 3.05) is 11.9 Å². The van der Waals surface area contributed by atoms with E-state index in [4.69, 9.17) is 5.26 Å². The van der Waals surface area contributed by atoms with E-state index in [-0.39, 0.29) is 11.6 Å². The van der Waals surface area contributed by atoms with E-state index < -0.39 is 0 Å². The Labute approximate surface area is 183 Å². The van der Waals surface area contributed by atoms with Gasteiger partial charge in [-0.1, -0.05) is 12.1 Å². The number of hydrogen-bond donors (Lipinski definition) is 0. The molecule has 3 aromatic heterocycles. The van der Waals surface area contributed by atoms with Gasteiger partial charge in [-0.3, -0.25) is 9.20 Å². The molecule has 5 rings (SSSR count). The van der Waals surface area contributed by atoms with Crippen molar-refractivity contribution in [3.05, 3.63) is 96.8 Å². The van der Waals surface area contributed by atoms with Gasteiger partial charge in [0.2, 0.25) is 0 Å². The molecule has 0 saturated carbocycles. The Hall–Kier alpha value is -4.77. The van der Waals surface area contributed by atoms with Gasteiger partial charge in [-0.2, -0.15) is 10.4 Å². The summed E-state index contributed by atoms with van der Waals surface area (Å²) in [6.07, 6.45) is 8.66. The van der Waals surface area contributed by atoms with Crippen LogP contribution in [0.4, 0.5) is 5.69 Å². The van der Waals surface area contributed by atoms with Gasteiger partial charge in [-0.05, 0) is 42.5 Å². The summed E-state index contributed by atoms with van der Waals surface area (Å²) in [4.78, 5) is 23.3. The molecule has 8 heteroatoms. The molecule has 0 aliphatic carbocycles. The second kappa shape index (κ2) is 7.81. The summed E-state index contributed by atoms with van der Waals surface area (Å²) >= 11 is 0. The second-order valence-electron chi connectivity index (χ2n) is 7.16. The first-order chi connectivity index (χ1) is 15.6. The lowest BCUT2D eigenvalue weighted by Gasteiger charge is -2.17. The van der Waals surface area contributed by atoms with E-state index >= 15 is 0 Å². The van der Waals surface area contributed by atoms with Crippen molar-refractivity contribution in [2.24, 2.45) is 0 Å². The van der Waals surface area contributed by atoms with Gasteiger partial charge in [0.05, 0.1) is 35.4 Å². The fourth-order valence-electron chi connectivity index (χ4n) is 3.47. The molecule has 0 fully saturated rings. The van der Waals surface area contributed by atoms with Crippen LogP contribution in [0.3, 0.4) is 0 Å². The van der Waals surface area contributed by atoms with Crippen LogP contribution < -0.4 is 4.90 Å². The van der Waals surface area contributed by atoms with Gasteiger partial charge in [-0.15, -0.1) is 0 Å². The molecule has 8 nitrogen and oxygen atoms in total. The lowest BCUT2D eigenvalue weighted by Crippen LogP contribution is -2.27. The first-order valence-corrected chi connectivity index (χ1v) is 9.86. The summed E-state index contributed by atoms with van der Waals surface area (Å²) in [6, 6.07) is 18.7. The maximum Gasteiger partial charge on any atom is 0.278 e. The number of amides is 1. The van der Waals surface area contributed by atoms with E-state index in [1.807, 2.05) is 40.9 Å².